The van der Waals surface area contributed by atoms with Crippen LogP contribution in [0, 0.1) is 0 Å². The van der Waals surface area contributed by atoms with Gasteiger partial charge >= 0.3 is 0 Å². The van der Waals surface area contributed by atoms with E-state index in [2.05, 4.69) is 6.92 Å². The molecule has 1 amide bonds. The topological polar surface area (TPSA) is 65.1 Å². The zero-order valence-electron chi connectivity index (χ0n) is 13.0. The number of carbonyl (C=O) groups is 1. The molecule has 0 aliphatic heterocycles. The minimum atomic E-state index is -0.419. The van der Waals surface area contributed by atoms with Crippen molar-refractivity contribution in [3.8, 4) is 0 Å². The number of pyridine rings is 1. The summed E-state index contributed by atoms with van der Waals surface area (Å²) < 4.78 is 1.88. The van der Waals surface area contributed by atoms with Gasteiger partial charge in [-0.3, -0.25) is 9.59 Å². The Balaban J connectivity index is 2.31. The van der Waals surface area contributed by atoms with E-state index in [0.29, 0.717) is 5.56 Å². The molecule has 1 aromatic heterocycles. The van der Waals surface area contributed by atoms with Gasteiger partial charge in [-0.05, 0) is 55.9 Å². The number of rotatable bonds is 4. The first-order valence-electron chi connectivity index (χ1n) is 8.11. The molecule has 3 rings (SSSR count). The number of hydrogen-bond donors (Lipinski definition) is 1. The molecule has 0 saturated carbocycles. The molecular weight excluding hydrogens is 276 g/mol. The van der Waals surface area contributed by atoms with Crippen molar-refractivity contribution in [2.45, 2.75) is 52.0 Å². The number of amides is 1. The molecule has 22 heavy (non-hydrogen) atoms. The fourth-order valence-corrected chi connectivity index (χ4v) is 3.42. The number of benzene rings is 1. The highest BCUT2D eigenvalue weighted by Crippen LogP contribution is 2.27. The average Bonchev–Trinajstić information content (AvgIpc) is 2.54. The number of aryl methyl sites for hydroxylation is 2. The molecular formula is C18H22N2O2. The second-order valence-electron chi connectivity index (χ2n) is 6.07. The molecule has 1 aromatic carbocycles. The molecule has 116 valence electrons. The maximum absolute atomic E-state index is 12.8. The molecule has 1 heterocycles. The van der Waals surface area contributed by atoms with Gasteiger partial charge in [0.25, 0.3) is 5.56 Å². The van der Waals surface area contributed by atoms with Crippen LogP contribution in [0.3, 0.4) is 0 Å². The summed E-state index contributed by atoms with van der Waals surface area (Å²) in [7, 11) is 0. The van der Waals surface area contributed by atoms with Crippen LogP contribution in [-0.2, 0) is 19.4 Å². The highest BCUT2D eigenvalue weighted by molar-refractivity contribution is 5.98. The molecule has 0 bridgehead atoms. The van der Waals surface area contributed by atoms with Crippen molar-refractivity contribution in [2.24, 2.45) is 5.73 Å². The van der Waals surface area contributed by atoms with Gasteiger partial charge in [-0.25, -0.2) is 0 Å². The fourth-order valence-electron chi connectivity index (χ4n) is 3.42. The smallest absolute Gasteiger partial charge is 0.254 e. The van der Waals surface area contributed by atoms with Crippen molar-refractivity contribution in [3.05, 3.63) is 45.2 Å². The Hall–Kier alpha value is -2.10. The van der Waals surface area contributed by atoms with Gasteiger partial charge in [0.1, 0.15) is 0 Å². The summed E-state index contributed by atoms with van der Waals surface area (Å²) in [5.41, 5.74) is 9.09. The van der Waals surface area contributed by atoms with E-state index in [1.807, 2.05) is 16.7 Å². The third kappa shape index (κ3) is 2.43. The number of hydrogen-bond acceptors (Lipinski definition) is 2. The number of primary amides is 1. The quantitative estimate of drug-likeness (QED) is 0.943. The van der Waals surface area contributed by atoms with Gasteiger partial charge in [0, 0.05) is 23.1 Å². The summed E-state index contributed by atoms with van der Waals surface area (Å²) in [6, 6.07) is 5.47. The lowest BCUT2D eigenvalue weighted by Gasteiger charge is -2.21. The molecule has 4 heteroatoms. The number of carbonyl (C=O) groups excluding carboxylic acids is 1. The van der Waals surface area contributed by atoms with Gasteiger partial charge < -0.3 is 10.3 Å². The number of unbranched alkanes of at least 4 members (excludes halogenated alkanes) is 1. The van der Waals surface area contributed by atoms with E-state index in [1.54, 1.807) is 6.07 Å². The maximum Gasteiger partial charge on any atom is 0.254 e. The molecule has 0 saturated heterocycles. The Morgan fingerprint density at radius 1 is 1.23 bits per heavy atom. The SMILES string of the molecule is CCCCn1c(=O)c2c(c3cc(C(N)=O)ccc31)CCCC2. The highest BCUT2D eigenvalue weighted by Gasteiger charge is 2.20. The van der Waals surface area contributed by atoms with Gasteiger partial charge in [0.15, 0.2) is 0 Å². The van der Waals surface area contributed by atoms with E-state index in [-0.39, 0.29) is 5.56 Å². The predicted octanol–water partition coefficient (Wildman–Crippen LogP) is 2.78. The monoisotopic (exact) mass is 298 g/mol. The van der Waals surface area contributed by atoms with Crippen LogP contribution in [0.25, 0.3) is 10.9 Å². The largest absolute Gasteiger partial charge is 0.366 e. The van der Waals surface area contributed by atoms with Crippen LogP contribution < -0.4 is 11.3 Å². The van der Waals surface area contributed by atoms with Crippen molar-refractivity contribution in [1.82, 2.24) is 4.57 Å². The lowest BCUT2D eigenvalue weighted by Crippen LogP contribution is -2.28. The normalized spacial score (nSPS) is 14.0. The molecule has 0 spiro atoms. The maximum atomic E-state index is 12.8. The molecule has 1 aliphatic rings. The van der Waals surface area contributed by atoms with E-state index in [9.17, 15) is 9.59 Å². The van der Waals surface area contributed by atoms with Crippen molar-refractivity contribution < 1.29 is 4.79 Å². The van der Waals surface area contributed by atoms with Gasteiger partial charge in [-0.2, -0.15) is 0 Å². The minimum Gasteiger partial charge on any atom is -0.366 e. The Morgan fingerprint density at radius 3 is 2.64 bits per heavy atom. The zero-order valence-corrected chi connectivity index (χ0v) is 13.0. The van der Waals surface area contributed by atoms with Crippen molar-refractivity contribution in [1.29, 1.82) is 0 Å². The second kappa shape index (κ2) is 5.95. The molecule has 1 aliphatic carbocycles. The van der Waals surface area contributed by atoms with Crippen LogP contribution in [0.4, 0.5) is 0 Å². The minimum absolute atomic E-state index is 0.155. The first-order valence-corrected chi connectivity index (χ1v) is 8.11. The lowest BCUT2D eigenvalue weighted by molar-refractivity contribution is 0.100. The summed E-state index contributed by atoms with van der Waals surface area (Å²) in [6.07, 6.45) is 5.95. The predicted molar refractivity (Wildman–Crippen MR) is 88.3 cm³/mol. The summed E-state index contributed by atoms with van der Waals surface area (Å²) in [5, 5.41) is 1.03. The van der Waals surface area contributed by atoms with Gasteiger partial charge in [0.05, 0.1) is 5.52 Å². The molecule has 2 N–H and O–H groups in total. The number of nitrogens with two attached hydrogens (primary N) is 1. The molecule has 2 aromatic rings. The lowest BCUT2D eigenvalue weighted by atomic mass is 9.89. The number of aromatic nitrogens is 1. The van der Waals surface area contributed by atoms with Gasteiger partial charge in [-0.1, -0.05) is 13.3 Å². The van der Waals surface area contributed by atoms with E-state index in [0.717, 1.165) is 67.1 Å². The third-order valence-corrected chi connectivity index (χ3v) is 4.60. The van der Waals surface area contributed by atoms with E-state index in [1.165, 1.54) is 0 Å². The molecule has 4 nitrogen and oxygen atoms in total. The summed E-state index contributed by atoms with van der Waals surface area (Å²) in [6.45, 7) is 2.85. The number of nitrogens with zero attached hydrogens (tertiary/aromatic N) is 1. The molecule has 0 atom stereocenters. The van der Waals surface area contributed by atoms with Crippen LogP contribution in [0.1, 0.15) is 54.1 Å². The van der Waals surface area contributed by atoms with Crippen LogP contribution in [0.15, 0.2) is 23.0 Å². The second-order valence-corrected chi connectivity index (χ2v) is 6.07. The zero-order chi connectivity index (χ0) is 15.7. The van der Waals surface area contributed by atoms with Crippen LogP contribution in [0.2, 0.25) is 0 Å². The summed E-state index contributed by atoms with van der Waals surface area (Å²) >= 11 is 0. The van der Waals surface area contributed by atoms with Crippen LogP contribution in [-0.4, -0.2) is 10.5 Å². The summed E-state index contributed by atoms with van der Waals surface area (Å²) in [5.74, 6) is -0.419. The van der Waals surface area contributed by atoms with E-state index in [4.69, 9.17) is 5.73 Å². The third-order valence-electron chi connectivity index (χ3n) is 4.60. The van der Waals surface area contributed by atoms with E-state index < -0.39 is 5.91 Å². The molecule has 0 unspecified atom stereocenters. The summed E-state index contributed by atoms with van der Waals surface area (Å²) in [4.78, 5) is 24.3. The van der Waals surface area contributed by atoms with Crippen molar-refractivity contribution in [3.63, 3.8) is 0 Å². The fraction of sp³-hybridized carbons (Fsp3) is 0.444. The van der Waals surface area contributed by atoms with Crippen molar-refractivity contribution >= 4 is 16.8 Å². The molecule has 0 fully saturated rings. The Bertz CT molecular complexity index is 790. The Kier molecular flexibility index (Phi) is 4.01. The number of fused-ring (bicyclic) bond motifs is 3. The average molecular weight is 298 g/mol. The first kappa shape index (κ1) is 14.8. The van der Waals surface area contributed by atoms with Crippen molar-refractivity contribution in [2.75, 3.05) is 0 Å². The van der Waals surface area contributed by atoms with Crippen LogP contribution in [0.5, 0.6) is 0 Å². The molecule has 0 radical (unpaired) electrons. The first-order chi connectivity index (χ1) is 10.6. The Labute approximate surface area is 129 Å². The van der Waals surface area contributed by atoms with E-state index >= 15 is 0 Å². The standard InChI is InChI=1S/C18H22N2O2/c1-2-3-10-20-16-9-8-12(17(19)21)11-15(16)13-6-4-5-7-14(13)18(20)22/h8-9,11H,2-7,10H2,1H3,(H2,19,21). The van der Waals surface area contributed by atoms with Gasteiger partial charge in [0.2, 0.25) is 5.91 Å². The highest BCUT2D eigenvalue weighted by atomic mass is 16.1. The Morgan fingerprint density at radius 2 is 1.95 bits per heavy atom. The van der Waals surface area contributed by atoms with Crippen LogP contribution >= 0.6 is 0 Å². The van der Waals surface area contributed by atoms with Gasteiger partial charge in [-0.15, -0.1) is 0 Å².